The van der Waals surface area contributed by atoms with Crippen LogP contribution in [0.4, 0.5) is 13.2 Å². The normalized spacial score (nSPS) is 12.3. The molecule has 0 saturated carbocycles. The number of methoxy groups -OCH3 is 1. The Labute approximate surface area is 253 Å². The van der Waals surface area contributed by atoms with Crippen molar-refractivity contribution in [1.82, 2.24) is 9.88 Å². The zero-order valence-electron chi connectivity index (χ0n) is 22.8. The van der Waals surface area contributed by atoms with Gasteiger partial charge >= 0.3 is 12.1 Å². The number of para-hydroxylation sites is 1. The molecule has 1 N–H and O–H groups in total. The number of benzene rings is 4. The molecular formula is C32H23Cl2F3N2O4. The highest BCUT2D eigenvalue weighted by atomic mass is 35.5. The number of nitrogens with one attached hydrogen (secondary N) is 1. The first kappa shape index (κ1) is 30.1. The SMILES string of the molecule is COC(=O)[C@H](Cc1ccc(-c2c(C(F)(F)F)c3ccccc3n(C)c2=O)c2ccccc12)NC(=O)c1c(Cl)cccc1Cl. The molecule has 4 aromatic carbocycles. The van der Waals surface area contributed by atoms with Crippen molar-refractivity contribution >= 4 is 56.8 Å². The van der Waals surface area contributed by atoms with Crippen molar-refractivity contribution in [1.29, 1.82) is 0 Å². The maximum atomic E-state index is 14.6. The molecule has 43 heavy (non-hydrogen) atoms. The molecule has 6 nitrogen and oxygen atoms in total. The van der Waals surface area contributed by atoms with Crippen LogP contribution in [0.3, 0.4) is 0 Å². The number of ether oxygens (including phenoxy) is 1. The van der Waals surface area contributed by atoms with Gasteiger partial charge in [-0.1, -0.05) is 83.9 Å². The van der Waals surface area contributed by atoms with Gasteiger partial charge in [0.1, 0.15) is 6.04 Å². The average Bonchev–Trinajstić information content (AvgIpc) is 2.97. The predicted molar refractivity (Wildman–Crippen MR) is 161 cm³/mol. The molecule has 0 unspecified atom stereocenters. The minimum absolute atomic E-state index is 0.0215. The van der Waals surface area contributed by atoms with Crippen LogP contribution in [0.5, 0.6) is 0 Å². The zero-order valence-corrected chi connectivity index (χ0v) is 24.3. The maximum absolute atomic E-state index is 14.6. The lowest BCUT2D eigenvalue weighted by molar-refractivity contribution is -0.142. The van der Waals surface area contributed by atoms with Crippen LogP contribution in [-0.2, 0) is 29.2 Å². The van der Waals surface area contributed by atoms with E-state index >= 15 is 0 Å². The first-order valence-electron chi connectivity index (χ1n) is 13.0. The smallest absolute Gasteiger partial charge is 0.417 e. The molecule has 5 rings (SSSR count). The number of halogens is 5. The van der Waals surface area contributed by atoms with Crippen LogP contribution >= 0.6 is 23.2 Å². The first-order chi connectivity index (χ1) is 20.4. The van der Waals surface area contributed by atoms with Crippen LogP contribution in [0.25, 0.3) is 32.8 Å². The number of esters is 1. The molecule has 0 radical (unpaired) electrons. The van der Waals surface area contributed by atoms with Gasteiger partial charge in [-0.25, -0.2) is 4.79 Å². The number of pyridine rings is 1. The molecule has 0 spiro atoms. The fraction of sp³-hybridized carbons (Fsp3) is 0.156. The number of hydrogen-bond acceptors (Lipinski definition) is 4. The molecule has 1 heterocycles. The molecule has 0 bridgehead atoms. The Morgan fingerprint density at radius 1 is 0.884 bits per heavy atom. The molecule has 0 saturated heterocycles. The standard InChI is InChI=1S/C32H23Cl2F3N2O4/c1-39-25-13-6-5-10-21(25)28(32(35,36)37)26(30(39)41)20-15-14-17(18-8-3-4-9-19(18)20)16-24(31(42)43-2)38-29(40)27-22(33)11-7-12-23(27)34/h3-15,24H,16H2,1-2H3,(H,38,40)/t24-/m0/s1. The van der Waals surface area contributed by atoms with Gasteiger partial charge in [-0.2, -0.15) is 13.2 Å². The van der Waals surface area contributed by atoms with E-state index in [-0.39, 0.29) is 38.5 Å². The summed E-state index contributed by atoms with van der Waals surface area (Å²) in [6.45, 7) is 0. The number of nitrogens with zero attached hydrogens (tertiary/aromatic N) is 1. The van der Waals surface area contributed by atoms with Gasteiger partial charge in [-0.05, 0) is 40.1 Å². The third-order valence-electron chi connectivity index (χ3n) is 7.28. The van der Waals surface area contributed by atoms with E-state index in [0.717, 1.165) is 0 Å². The van der Waals surface area contributed by atoms with Crippen LogP contribution in [-0.4, -0.2) is 29.6 Å². The van der Waals surface area contributed by atoms with Gasteiger partial charge in [0, 0.05) is 18.9 Å². The molecule has 0 fully saturated rings. The highest BCUT2D eigenvalue weighted by Gasteiger charge is 2.38. The molecule has 1 aromatic heterocycles. The Hall–Kier alpha value is -4.34. The second-order valence-corrected chi connectivity index (χ2v) is 10.6. The Morgan fingerprint density at radius 2 is 1.49 bits per heavy atom. The van der Waals surface area contributed by atoms with Crippen molar-refractivity contribution in [2.45, 2.75) is 18.6 Å². The van der Waals surface area contributed by atoms with Gasteiger partial charge in [0.05, 0.1) is 39.4 Å². The van der Waals surface area contributed by atoms with Crippen molar-refractivity contribution < 1.29 is 27.5 Å². The highest BCUT2D eigenvalue weighted by molar-refractivity contribution is 6.39. The molecule has 5 aromatic rings. The average molecular weight is 627 g/mol. The Balaban J connectivity index is 1.66. The summed E-state index contributed by atoms with van der Waals surface area (Å²) in [4.78, 5) is 39.4. The van der Waals surface area contributed by atoms with E-state index < -0.39 is 40.8 Å². The van der Waals surface area contributed by atoms with Gasteiger partial charge in [-0.15, -0.1) is 0 Å². The number of aryl methyl sites for hydroxylation is 1. The van der Waals surface area contributed by atoms with Crippen molar-refractivity contribution in [3.05, 3.63) is 116 Å². The van der Waals surface area contributed by atoms with E-state index in [0.29, 0.717) is 16.3 Å². The Morgan fingerprint density at radius 3 is 2.12 bits per heavy atom. The van der Waals surface area contributed by atoms with Crippen LogP contribution in [0.2, 0.25) is 10.0 Å². The Bertz CT molecular complexity index is 1950. The summed E-state index contributed by atoms with van der Waals surface area (Å²) >= 11 is 12.3. The molecule has 0 aliphatic carbocycles. The molecule has 0 aliphatic rings. The second kappa shape index (κ2) is 11.7. The first-order valence-corrected chi connectivity index (χ1v) is 13.7. The second-order valence-electron chi connectivity index (χ2n) is 9.80. The summed E-state index contributed by atoms with van der Waals surface area (Å²) in [7, 11) is 2.60. The van der Waals surface area contributed by atoms with Gasteiger partial charge in [0.25, 0.3) is 11.5 Å². The molecule has 11 heteroatoms. The number of aromatic nitrogens is 1. The third-order valence-corrected chi connectivity index (χ3v) is 7.91. The Kier molecular flexibility index (Phi) is 8.23. The molecule has 1 atom stereocenters. The summed E-state index contributed by atoms with van der Waals surface area (Å²) in [5, 5.41) is 3.52. The van der Waals surface area contributed by atoms with Crippen molar-refractivity contribution in [3.8, 4) is 11.1 Å². The number of carbonyl (C=O) groups excluding carboxylic acids is 2. The van der Waals surface area contributed by atoms with E-state index in [1.165, 1.54) is 61.2 Å². The van der Waals surface area contributed by atoms with E-state index in [2.05, 4.69) is 5.32 Å². The molecule has 220 valence electrons. The highest BCUT2D eigenvalue weighted by Crippen LogP contribution is 2.42. The molecule has 0 aliphatic heterocycles. The van der Waals surface area contributed by atoms with E-state index in [4.69, 9.17) is 27.9 Å². The summed E-state index contributed by atoms with van der Waals surface area (Å²) in [6.07, 6.45) is -4.91. The van der Waals surface area contributed by atoms with Crippen molar-refractivity contribution in [2.75, 3.05) is 7.11 Å². The van der Waals surface area contributed by atoms with Crippen LogP contribution < -0.4 is 10.9 Å². The lowest BCUT2D eigenvalue weighted by atomic mass is 9.89. The van der Waals surface area contributed by atoms with Crippen molar-refractivity contribution in [3.63, 3.8) is 0 Å². The number of fused-ring (bicyclic) bond motifs is 2. The largest absolute Gasteiger partial charge is 0.467 e. The number of hydrogen-bond donors (Lipinski definition) is 1. The quantitative estimate of drug-likeness (QED) is 0.202. The molecular weight excluding hydrogens is 604 g/mol. The van der Waals surface area contributed by atoms with Gasteiger partial charge in [-0.3, -0.25) is 9.59 Å². The third kappa shape index (κ3) is 5.58. The summed E-state index contributed by atoms with van der Waals surface area (Å²) in [5.41, 5.74) is -1.58. The fourth-order valence-electron chi connectivity index (χ4n) is 5.30. The summed E-state index contributed by atoms with van der Waals surface area (Å²) < 4.78 is 50.0. The number of rotatable bonds is 6. The van der Waals surface area contributed by atoms with Crippen molar-refractivity contribution in [2.24, 2.45) is 7.05 Å². The van der Waals surface area contributed by atoms with E-state index in [1.54, 1.807) is 36.4 Å². The summed E-state index contributed by atoms with van der Waals surface area (Å²) in [6, 6.07) is 18.8. The lowest BCUT2D eigenvalue weighted by Crippen LogP contribution is -2.43. The minimum atomic E-state index is -4.83. The van der Waals surface area contributed by atoms with E-state index in [1.807, 2.05) is 0 Å². The topological polar surface area (TPSA) is 77.4 Å². The minimum Gasteiger partial charge on any atom is -0.467 e. The number of carbonyl (C=O) groups is 2. The van der Waals surface area contributed by atoms with Gasteiger partial charge < -0.3 is 14.6 Å². The van der Waals surface area contributed by atoms with Gasteiger partial charge in [0.15, 0.2) is 0 Å². The molecule has 1 amide bonds. The van der Waals surface area contributed by atoms with Crippen LogP contribution in [0.1, 0.15) is 21.5 Å². The fourth-order valence-corrected chi connectivity index (χ4v) is 5.87. The maximum Gasteiger partial charge on any atom is 0.417 e. The van der Waals surface area contributed by atoms with Gasteiger partial charge in [0.2, 0.25) is 0 Å². The van der Waals surface area contributed by atoms with E-state index in [9.17, 15) is 27.6 Å². The predicted octanol–water partition coefficient (Wildman–Crippen LogP) is 7.20. The zero-order chi connectivity index (χ0) is 31.1. The summed E-state index contributed by atoms with van der Waals surface area (Å²) in [5.74, 6) is -1.46. The number of alkyl halides is 3. The van der Waals surface area contributed by atoms with Crippen LogP contribution in [0.15, 0.2) is 83.7 Å². The number of amides is 1. The monoisotopic (exact) mass is 626 g/mol. The van der Waals surface area contributed by atoms with Crippen LogP contribution in [0, 0.1) is 0 Å². The lowest BCUT2D eigenvalue weighted by Gasteiger charge is -2.21.